The first kappa shape index (κ1) is 20.6. The maximum absolute atomic E-state index is 13.0. The third-order valence-electron chi connectivity index (χ3n) is 4.64. The van der Waals surface area contributed by atoms with Gasteiger partial charge in [-0.05, 0) is 60.0 Å². The van der Waals surface area contributed by atoms with Crippen molar-refractivity contribution in [3.63, 3.8) is 0 Å². The number of hydrogen-bond acceptors (Lipinski definition) is 2. The van der Waals surface area contributed by atoms with E-state index in [9.17, 15) is 8.78 Å². The summed E-state index contributed by atoms with van der Waals surface area (Å²) in [6, 6.07) is 17.6. The Morgan fingerprint density at radius 1 is 1.00 bits per heavy atom. The number of ether oxygens (including phenoxy) is 2. The van der Waals surface area contributed by atoms with Gasteiger partial charge in [0.2, 0.25) is 0 Å². The molecular weight excluding hydrogens is 370 g/mol. The van der Waals surface area contributed by atoms with E-state index in [1.807, 2.05) is 37.3 Å². The summed E-state index contributed by atoms with van der Waals surface area (Å²) in [4.78, 5) is 0. The van der Waals surface area contributed by atoms with Crippen molar-refractivity contribution in [2.45, 2.75) is 26.4 Å². The van der Waals surface area contributed by atoms with Crippen molar-refractivity contribution in [3.8, 4) is 22.6 Å². The molecule has 0 aliphatic carbocycles. The van der Waals surface area contributed by atoms with E-state index in [4.69, 9.17) is 9.47 Å². The van der Waals surface area contributed by atoms with Crippen molar-refractivity contribution in [3.05, 3.63) is 85.0 Å². The smallest absolute Gasteiger partial charge is 0.387 e. The SMILES string of the molecule is C=CCCc1ccc(-c2ccc3c(OC(F)F)c(OCC=CC)ccc3c2)cc1. The van der Waals surface area contributed by atoms with Crippen LogP contribution in [0.1, 0.15) is 18.9 Å². The maximum atomic E-state index is 13.0. The molecule has 2 nitrogen and oxygen atoms in total. The van der Waals surface area contributed by atoms with E-state index in [-0.39, 0.29) is 12.4 Å². The van der Waals surface area contributed by atoms with E-state index >= 15 is 0 Å². The van der Waals surface area contributed by atoms with Crippen LogP contribution in [0.2, 0.25) is 0 Å². The normalized spacial score (nSPS) is 11.3. The molecule has 0 aliphatic heterocycles. The number of alkyl halides is 2. The summed E-state index contributed by atoms with van der Waals surface area (Å²) in [6.45, 7) is 2.99. The minimum Gasteiger partial charge on any atom is -0.486 e. The molecule has 0 N–H and O–H groups in total. The molecule has 0 amide bonds. The van der Waals surface area contributed by atoms with Crippen LogP contribution in [-0.4, -0.2) is 13.2 Å². The zero-order chi connectivity index (χ0) is 20.6. The number of aryl methyl sites for hydroxylation is 1. The first-order valence-electron chi connectivity index (χ1n) is 9.58. The summed E-state index contributed by atoms with van der Waals surface area (Å²) in [7, 11) is 0. The number of benzene rings is 3. The monoisotopic (exact) mass is 394 g/mol. The lowest BCUT2D eigenvalue weighted by Gasteiger charge is -2.15. The molecule has 0 saturated heterocycles. The minimum absolute atomic E-state index is 0.0633. The zero-order valence-corrected chi connectivity index (χ0v) is 16.4. The van der Waals surface area contributed by atoms with E-state index in [1.54, 1.807) is 18.2 Å². The van der Waals surface area contributed by atoms with Crippen molar-refractivity contribution in [2.75, 3.05) is 6.61 Å². The van der Waals surface area contributed by atoms with Gasteiger partial charge in [0.15, 0.2) is 11.5 Å². The van der Waals surface area contributed by atoms with Crippen molar-refractivity contribution in [1.29, 1.82) is 0 Å². The van der Waals surface area contributed by atoms with Crippen LogP contribution in [0.4, 0.5) is 8.78 Å². The van der Waals surface area contributed by atoms with Gasteiger partial charge in [0.1, 0.15) is 6.61 Å². The van der Waals surface area contributed by atoms with E-state index in [1.165, 1.54) is 5.56 Å². The minimum atomic E-state index is -2.92. The van der Waals surface area contributed by atoms with E-state index < -0.39 is 6.61 Å². The van der Waals surface area contributed by atoms with Crippen LogP contribution in [0, 0.1) is 0 Å². The van der Waals surface area contributed by atoms with E-state index in [0.717, 1.165) is 29.4 Å². The van der Waals surface area contributed by atoms with Gasteiger partial charge in [-0.2, -0.15) is 8.78 Å². The molecule has 0 radical (unpaired) electrons. The highest BCUT2D eigenvalue weighted by atomic mass is 19.3. The van der Waals surface area contributed by atoms with Crippen LogP contribution < -0.4 is 9.47 Å². The Bertz CT molecular complexity index is 992. The molecule has 29 heavy (non-hydrogen) atoms. The largest absolute Gasteiger partial charge is 0.486 e. The molecular formula is C25H24F2O2. The lowest BCUT2D eigenvalue weighted by molar-refractivity contribution is -0.0502. The lowest BCUT2D eigenvalue weighted by atomic mass is 9.99. The molecule has 0 bridgehead atoms. The first-order chi connectivity index (χ1) is 14.1. The van der Waals surface area contributed by atoms with Crippen LogP contribution in [0.5, 0.6) is 11.5 Å². The second-order valence-electron chi connectivity index (χ2n) is 6.61. The highest BCUT2D eigenvalue weighted by molar-refractivity contribution is 5.93. The van der Waals surface area contributed by atoms with Crippen LogP contribution in [0.3, 0.4) is 0 Å². The van der Waals surface area contributed by atoms with Crippen molar-refractivity contribution < 1.29 is 18.3 Å². The Hall–Kier alpha value is -3.14. The van der Waals surface area contributed by atoms with E-state index in [0.29, 0.717) is 11.1 Å². The molecule has 4 heteroatoms. The average Bonchev–Trinajstić information content (AvgIpc) is 2.73. The Morgan fingerprint density at radius 2 is 1.76 bits per heavy atom. The van der Waals surface area contributed by atoms with Crippen LogP contribution in [0.15, 0.2) is 79.4 Å². The van der Waals surface area contributed by atoms with Gasteiger partial charge < -0.3 is 9.47 Å². The number of fused-ring (bicyclic) bond motifs is 1. The highest BCUT2D eigenvalue weighted by Crippen LogP contribution is 2.38. The molecule has 0 aromatic heterocycles. The van der Waals surface area contributed by atoms with Gasteiger partial charge in [0.05, 0.1) is 0 Å². The molecule has 3 rings (SSSR count). The highest BCUT2D eigenvalue weighted by Gasteiger charge is 2.15. The van der Waals surface area contributed by atoms with E-state index in [2.05, 4.69) is 30.8 Å². The first-order valence-corrected chi connectivity index (χ1v) is 9.58. The summed E-state index contributed by atoms with van der Waals surface area (Å²) in [5.41, 5.74) is 3.34. The molecule has 0 unspecified atom stereocenters. The Labute approximate surface area is 170 Å². The fourth-order valence-electron chi connectivity index (χ4n) is 3.15. The quantitative estimate of drug-likeness (QED) is 0.358. The standard InChI is InChI=1S/C25H24F2O2/c1-3-5-7-18-8-10-19(11-9-18)20-12-14-22-21(17-20)13-15-23(28-16-6-4-2)24(22)29-25(26)27/h3-4,6,8-15,17,25H,1,5,7,16H2,2H3. The van der Waals surface area contributed by atoms with Crippen molar-refractivity contribution in [1.82, 2.24) is 0 Å². The summed E-state index contributed by atoms with van der Waals surface area (Å²) in [6.07, 6.45) is 7.46. The number of allylic oxidation sites excluding steroid dienone is 2. The third-order valence-corrected chi connectivity index (χ3v) is 4.64. The molecule has 0 fully saturated rings. The van der Waals surface area contributed by atoms with Crippen LogP contribution in [0.25, 0.3) is 21.9 Å². The Morgan fingerprint density at radius 3 is 2.45 bits per heavy atom. The summed E-state index contributed by atoms with van der Waals surface area (Å²) in [5, 5.41) is 1.40. The maximum Gasteiger partial charge on any atom is 0.387 e. The molecule has 3 aromatic rings. The second kappa shape index (κ2) is 9.87. The topological polar surface area (TPSA) is 18.5 Å². The van der Waals surface area contributed by atoms with Gasteiger partial charge in [-0.3, -0.25) is 0 Å². The molecule has 0 saturated carbocycles. The molecule has 3 aromatic carbocycles. The summed E-state index contributed by atoms with van der Waals surface area (Å²) < 4.78 is 36.4. The van der Waals surface area contributed by atoms with Gasteiger partial charge in [0, 0.05) is 5.39 Å². The summed E-state index contributed by atoms with van der Waals surface area (Å²) in [5.74, 6) is 0.364. The fraction of sp³-hybridized carbons (Fsp3) is 0.200. The van der Waals surface area contributed by atoms with Crippen LogP contribution in [-0.2, 0) is 6.42 Å². The van der Waals surface area contributed by atoms with Gasteiger partial charge in [0.25, 0.3) is 0 Å². The number of rotatable bonds is 9. The molecule has 0 heterocycles. The predicted molar refractivity (Wildman–Crippen MR) is 115 cm³/mol. The Kier molecular flexibility index (Phi) is 7.01. The van der Waals surface area contributed by atoms with Crippen molar-refractivity contribution in [2.24, 2.45) is 0 Å². The lowest BCUT2D eigenvalue weighted by Crippen LogP contribution is -2.05. The molecule has 0 aliphatic rings. The van der Waals surface area contributed by atoms with Gasteiger partial charge in [-0.15, -0.1) is 6.58 Å². The second-order valence-corrected chi connectivity index (χ2v) is 6.61. The molecule has 150 valence electrons. The number of hydrogen-bond donors (Lipinski definition) is 0. The zero-order valence-electron chi connectivity index (χ0n) is 16.4. The van der Waals surface area contributed by atoms with Gasteiger partial charge >= 0.3 is 6.61 Å². The predicted octanol–water partition coefficient (Wildman–Crippen LogP) is 7.18. The van der Waals surface area contributed by atoms with Gasteiger partial charge in [-0.1, -0.05) is 54.6 Å². The molecule has 0 atom stereocenters. The fourth-order valence-corrected chi connectivity index (χ4v) is 3.15. The average molecular weight is 394 g/mol. The van der Waals surface area contributed by atoms with Crippen molar-refractivity contribution >= 4 is 10.8 Å². The third kappa shape index (κ3) is 5.23. The van der Waals surface area contributed by atoms with Gasteiger partial charge in [-0.25, -0.2) is 0 Å². The number of halogens is 2. The summed E-state index contributed by atoms with van der Waals surface area (Å²) >= 11 is 0. The Balaban J connectivity index is 1.95. The molecule has 0 spiro atoms. The van der Waals surface area contributed by atoms with Crippen LogP contribution >= 0.6 is 0 Å².